The highest BCUT2D eigenvalue weighted by Crippen LogP contribution is 2.62. The highest BCUT2D eigenvalue weighted by molar-refractivity contribution is 5.71. The number of morpholine rings is 1. The number of hydrogen-bond acceptors (Lipinski definition) is 4. The van der Waals surface area contributed by atoms with Gasteiger partial charge in [0.2, 0.25) is 0 Å². The second kappa shape index (κ2) is 8.45. The molecule has 2 saturated carbocycles. The molecule has 182 valence electrons. The summed E-state index contributed by atoms with van der Waals surface area (Å²) in [7, 11) is 0. The fourth-order valence-corrected chi connectivity index (χ4v) is 7.08. The van der Waals surface area contributed by atoms with Crippen molar-refractivity contribution < 1.29 is 32.2 Å². The Hall–Kier alpha value is -1.80. The van der Waals surface area contributed by atoms with Crippen LogP contribution in [-0.2, 0) is 15.9 Å². The number of hydrogen-bond donors (Lipinski definition) is 0. The Balaban J connectivity index is 1.29. The molecule has 0 radical (unpaired) electrons. The number of halogens is 3. The van der Waals surface area contributed by atoms with Gasteiger partial charge in [0.15, 0.2) is 0 Å². The minimum Gasteiger partial charge on any atom is -0.410 e. The number of rotatable bonds is 2. The van der Waals surface area contributed by atoms with Crippen molar-refractivity contribution in [2.45, 2.75) is 76.9 Å². The maximum Gasteiger partial charge on any atom is 0.522 e. The second-order valence-corrected chi connectivity index (χ2v) is 10.4. The molecule has 6 atom stereocenters. The second-order valence-electron chi connectivity index (χ2n) is 10.4. The number of carbonyl (C=O) groups is 1. The highest BCUT2D eigenvalue weighted by Gasteiger charge is 2.57. The lowest BCUT2D eigenvalue weighted by Gasteiger charge is -2.50. The fourth-order valence-electron chi connectivity index (χ4n) is 7.08. The molecule has 5 rings (SSSR count). The summed E-state index contributed by atoms with van der Waals surface area (Å²) in [6.45, 7) is 5.50. The molecule has 5 nitrogen and oxygen atoms in total. The van der Waals surface area contributed by atoms with Gasteiger partial charge in [-0.05, 0) is 91.9 Å². The minimum atomic E-state index is -4.58. The molecule has 1 aliphatic heterocycles. The predicted octanol–water partition coefficient (Wildman–Crippen LogP) is 5.67. The van der Waals surface area contributed by atoms with Gasteiger partial charge in [-0.2, -0.15) is 0 Å². The molecule has 1 aromatic rings. The Morgan fingerprint density at radius 1 is 1.21 bits per heavy atom. The van der Waals surface area contributed by atoms with E-state index in [0.29, 0.717) is 43.7 Å². The summed E-state index contributed by atoms with van der Waals surface area (Å²) in [6.07, 6.45) is -0.983. The first-order valence-electron chi connectivity index (χ1n) is 12.1. The number of fused-ring (bicyclic) bond motifs is 5. The third-order valence-corrected chi connectivity index (χ3v) is 8.59. The van der Waals surface area contributed by atoms with E-state index in [1.807, 2.05) is 26.0 Å². The van der Waals surface area contributed by atoms with Crippen molar-refractivity contribution in [3.8, 4) is 5.75 Å². The molecule has 8 heteroatoms. The van der Waals surface area contributed by atoms with E-state index >= 15 is 0 Å². The molecule has 0 aromatic heterocycles. The van der Waals surface area contributed by atoms with E-state index in [9.17, 15) is 18.0 Å². The Morgan fingerprint density at radius 2 is 2.03 bits per heavy atom. The van der Waals surface area contributed by atoms with Crippen molar-refractivity contribution in [3.63, 3.8) is 0 Å². The standard InChI is InChI=1S/C25H32F3NO4/c1-15-14-29(11-12-31-15)23(30)32-17-4-6-18-16(13-17)3-5-20-19(18)9-10-24(2)21(20)7-8-22(24)33-25(26,27)28/h4,6,13,15,19-22H,3,5,7-12,14H2,1-2H3. The number of nitrogens with zero attached hydrogens (tertiary/aromatic N) is 1. The monoisotopic (exact) mass is 467 g/mol. The number of alkyl halides is 3. The average Bonchev–Trinajstić information content (AvgIpc) is 3.08. The van der Waals surface area contributed by atoms with Crippen molar-refractivity contribution in [1.82, 2.24) is 4.90 Å². The topological polar surface area (TPSA) is 48.0 Å². The van der Waals surface area contributed by atoms with E-state index in [1.165, 1.54) is 11.1 Å². The number of ether oxygens (including phenoxy) is 3. The number of amides is 1. The van der Waals surface area contributed by atoms with E-state index in [-0.39, 0.29) is 18.1 Å². The zero-order valence-electron chi connectivity index (χ0n) is 19.2. The van der Waals surface area contributed by atoms with Crippen LogP contribution in [0.3, 0.4) is 0 Å². The van der Waals surface area contributed by atoms with Gasteiger partial charge in [0.25, 0.3) is 0 Å². The summed E-state index contributed by atoms with van der Waals surface area (Å²) in [5.41, 5.74) is 2.05. The molecule has 1 heterocycles. The molecule has 0 spiro atoms. The SMILES string of the molecule is CC1CN(C(=O)Oc2ccc3c(c2)CCC2C3CCC3(C)C(OC(F)(F)F)CCC23)CCO1. The molecule has 33 heavy (non-hydrogen) atoms. The molecular formula is C25H32F3NO4. The first kappa shape index (κ1) is 23.0. The van der Waals surface area contributed by atoms with Crippen LogP contribution in [-0.4, -0.2) is 49.3 Å². The number of carbonyl (C=O) groups excluding carboxylic acids is 1. The van der Waals surface area contributed by atoms with E-state index in [2.05, 4.69) is 10.8 Å². The molecule has 1 aromatic carbocycles. The van der Waals surface area contributed by atoms with Crippen molar-refractivity contribution in [2.75, 3.05) is 19.7 Å². The van der Waals surface area contributed by atoms with Crippen LogP contribution in [0.25, 0.3) is 0 Å². The largest absolute Gasteiger partial charge is 0.522 e. The molecule has 0 bridgehead atoms. The maximum absolute atomic E-state index is 13.0. The first-order chi connectivity index (χ1) is 15.6. The van der Waals surface area contributed by atoms with Crippen LogP contribution in [0.4, 0.5) is 18.0 Å². The van der Waals surface area contributed by atoms with Crippen molar-refractivity contribution >= 4 is 6.09 Å². The summed E-state index contributed by atoms with van der Waals surface area (Å²) >= 11 is 0. The van der Waals surface area contributed by atoms with Crippen LogP contribution < -0.4 is 4.74 Å². The average molecular weight is 468 g/mol. The van der Waals surface area contributed by atoms with Crippen LogP contribution in [0, 0.1) is 17.3 Å². The molecule has 4 aliphatic rings. The Morgan fingerprint density at radius 3 is 2.79 bits per heavy atom. The smallest absolute Gasteiger partial charge is 0.410 e. The Bertz CT molecular complexity index is 906. The van der Waals surface area contributed by atoms with Gasteiger partial charge < -0.3 is 14.4 Å². The lowest BCUT2D eigenvalue weighted by Crippen LogP contribution is -2.46. The molecule has 3 aliphatic carbocycles. The molecule has 1 amide bonds. The third-order valence-electron chi connectivity index (χ3n) is 8.59. The van der Waals surface area contributed by atoms with Crippen LogP contribution >= 0.6 is 0 Å². The molecular weight excluding hydrogens is 435 g/mol. The maximum atomic E-state index is 13.0. The molecule has 3 fully saturated rings. The van der Waals surface area contributed by atoms with Crippen LogP contribution in [0.1, 0.15) is 63.0 Å². The lowest BCUT2D eigenvalue weighted by atomic mass is 9.55. The summed E-state index contributed by atoms with van der Waals surface area (Å²) in [5.74, 6) is 1.52. The van der Waals surface area contributed by atoms with Gasteiger partial charge in [-0.15, -0.1) is 13.2 Å². The Kier molecular flexibility index (Phi) is 5.88. The zero-order chi connectivity index (χ0) is 23.4. The normalized spacial score (nSPS) is 36.0. The van der Waals surface area contributed by atoms with Gasteiger partial charge in [-0.3, -0.25) is 4.74 Å². The predicted molar refractivity (Wildman–Crippen MR) is 115 cm³/mol. The quantitative estimate of drug-likeness (QED) is 0.563. The van der Waals surface area contributed by atoms with Crippen molar-refractivity contribution in [2.24, 2.45) is 17.3 Å². The Labute approximate surface area is 192 Å². The van der Waals surface area contributed by atoms with Crippen molar-refractivity contribution in [3.05, 3.63) is 29.3 Å². The van der Waals surface area contributed by atoms with Crippen molar-refractivity contribution in [1.29, 1.82) is 0 Å². The fraction of sp³-hybridized carbons (Fsp3) is 0.720. The zero-order valence-corrected chi connectivity index (χ0v) is 19.2. The summed E-state index contributed by atoms with van der Waals surface area (Å²) in [5, 5.41) is 0. The number of benzene rings is 1. The van der Waals surface area contributed by atoms with E-state index in [4.69, 9.17) is 9.47 Å². The van der Waals surface area contributed by atoms with E-state index < -0.39 is 17.9 Å². The third kappa shape index (κ3) is 4.36. The lowest BCUT2D eigenvalue weighted by molar-refractivity contribution is -0.354. The molecule has 6 unspecified atom stereocenters. The van der Waals surface area contributed by atoms with Crippen LogP contribution in [0.5, 0.6) is 5.75 Å². The number of aryl methyl sites for hydroxylation is 1. The van der Waals surface area contributed by atoms with E-state index in [0.717, 1.165) is 32.1 Å². The van der Waals surface area contributed by atoms with Crippen LogP contribution in [0.2, 0.25) is 0 Å². The van der Waals surface area contributed by atoms with E-state index in [1.54, 1.807) is 4.90 Å². The first-order valence-corrected chi connectivity index (χ1v) is 12.1. The van der Waals surface area contributed by atoms with Gasteiger partial charge in [-0.25, -0.2) is 4.79 Å². The van der Waals surface area contributed by atoms with Gasteiger partial charge in [0, 0.05) is 6.54 Å². The van der Waals surface area contributed by atoms with Crippen LogP contribution in [0.15, 0.2) is 18.2 Å². The molecule has 1 saturated heterocycles. The minimum absolute atomic E-state index is 0.000435. The summed E-state index contributed by atoms with van der Waals surface area (Å²) < 4.78 is 54.6. The summed E-state index contributed by atoms with van der Waals surface area (Å²) in [4.78, 5) is 14.2. The van der Waals surface area contributed by atoms with Gasteiger partial charge in [0.1, 0.15) is 5.75 Å². The van der Waals surface area contributed by atoms with Gasteiger partial charge in [0.05, 0.1) is 25.4 Å². The molecule has 0 N–H and O–H groups in total. The van der Waals surface area contributed by atoms with Gasteiger partial charge >= 0.3 is 12.5 Å². The van der Waals surface area contributed by atoms with Gasteiger partial charge in [-0.1, -0.05) is 13.0 Å². The summed E-state index contributed by atoms with van der Waals surface area (Å²) in [6, 6.07) is 5.91. The highest BCUT2D eigenvalue weighted by atomic mass is 19.4.